The maximum atomic E-state index is 12.9. The molecule has 1 aromatic carbocycles. The number of pyridine rings is 1. The molecule has 2 aromatic rings. The summed E-state index contributed by atoms with van der Waals surface area (Å²) in [6.07, 6.45) is 12.4. The molecule has 166 valence electrons. The predicted octanol–water partition coefficient (Wildman–Crippen LogP) is 3.56. The monoisotopic (exact) mass is 440 g/mol. The van der Waals surface area contributed by atoms with E-state index >= 15 is 0 Å². The number of ketones is 1. The molecule has 1 aliphatic carbocycles. The lowest BCUT2D eigenvalue weighted by atomic mass is 10.0. The van der Waals surface area contributed by atoms with Gasteiger partial charge in [-0.05, 0) is 48.4 Å². The van der Waals surface area contributed by atoms with Crippen LogP contribution in [0.25, 0.3) is 5.57 Å². The van der Waals surface area contributed by atoms with Crippen molar-refractivity contribution < 1.29 is 14.3 Å². The minimum absolute atomic E-state index is 0.0317. The molecule has 2 aliphatic heterocycles. The predicted molar refractivity (Wildman–Crippen MR) is 126 cm³/mol. The van der Waals surface area contributed by atoms with Gasteiger partial charge >= 0.3 is 0 Å². The normalized spacial score (nSPS) is 21.1. The lowest BCUT2D eigenvalue weighted by molar-refractivity contribution is -0.128. The van der Waals surface area contributed by atoms with Gasteiger partial charge in [0.15, 0.2) is 5.84 Å². The van der Waals surface area contributed by atoms with Crippen molar-refractivity contribution >= 4 is 23.1 Å². The van der Waals surface area contributed by atoms with E-state index in [1.165, 1.54) is 0 Å². The summed E-state index contributed by atoms with van der Waals surface area (Å²) in [5.41, 5.74) is 2.56. The minimum Gasteiger partial charge on any atom is -0.438 e. The number of hydrogen-bond acceptors (Lipinski definition) is 6. The van der Waals surface area contributed by atoms with Gasteiger partial charge in [0.1, 0.15) is 5.75 Å². The number of Topliss-reactive ketones (excluding diaryl/α,β-unsaturated/α-hetero) is 1. The van der Waals surface area contributed by atoms with Crippen LogP contribution >= 0.6 is 0 Å². The van der Waals surface area contributed by atoms with Gasteiger partial charge in [0, 0.05) is 37.3 Å². The molecule has 1 N–H and O–H groups in total. The molecule has 0 radical (unpaired) electrons. The highest BCUT2D eigenvalue weighted by Gasteiger charge is 2.29. The summed E-state index contributed by atoms with van der Waals surface area (Å²) in [5.74, 6) is 1.41. The lowest BCUT2D eigenvalue weighted by Crippen LogP contribution is -2.36. The Balaban J connectivity index is 1.30. The van der Waals surface area contributed by atoms with Gasteiger partial charge in [-0.3, -0.25) is 14.6 Å². The first-order chi connectivity index (χ1) is 16.1. The van der Waals surface area contributed by atoms with E-state index in [0.717, 1.165) is 17.6 Å². The maximum Gasteiger partial charge on any atom is 0.227 e. The van der Waals surface area contributed by atoms with Crippen LogP contribution in [-0.4, -0.2) is 52.6 Å². The number of allylic oxidation sites excluding steroid dienone is 2. The Kier molecular flexibility index (Phi) is 5.60. The van der Waals surface area contributed by atoms with Crippen molar-refractivity contribution in [3.8, 4) is 11.6 Å². The number of fused-ring (bicyclic) bond motifs is 1. The molecule has 2 unspecified atom stereocenters. The molecule has 1 amide bonds. The largest absolute Gasteiger partial charge is 0.438 e. The highest BCUT2D eigenvalue weighted by Crippen LogP contribution is 2.31. The summed E-state index contributed by atoms with van der Waals surface area (Å²) in [5, 5.41) is 3.19. The Morgan fingerprint density at radius 1 is 1.12 bits per heavy atom. The molecular weight excluding hydrogens is 416 g/mol. The first-order valence-corrected chi connectivity index (χ1v) is 11.0. The van der Waals surface area contributed by atoms with Gasteiger partial charge in [0.25, 0.3) is 0 Å². The van der Waals surface area contributed by atoms with E-state index < -0.39 is 0 Å². The lowest BCUT2D eigenvalue weighted by Gasteiger charge is -2.25. The third-order valence-corrected chi connectivity index (χ3v) is 6.01. The van der Waals surface area contributed by atoms with Crippen molar-refractivity contribution in [1.29, 1.82) is 0 Å². The van der Waals surface area contributed by atoms with Crippen molar-refractivity contribution in [3.05, 3.63) is 84.1 Å². The van der Waals surface area contributed by atoms with Crippen molar-refractivity contribution in [1.82, 2.24) is 15.2 Å². The zero-order valence-corrected chi connectivity index (χ0v) is 18.3. The van der Waals surface area contributed by atoms with E-state index in [1.807, 2.05) is 42.5 Å². The number of amidine groups is 1. The van der Waals surface area contributed by atoms with Crippen molar-refractivity contribution in [2.24, 2.45) is 4.99 Å². The number of aliphatic imine (C=N–C) groups is 1. The van der Waals surface area contributed by atoms with Crippen LogP contribution < -0.4 is 10.1 Å². The van der Waals surface area contributed by atoms with Gasteiger partial charge < -0.3 is 15.0 Å². The summed E-state index contributed by atoms with van der Waals surface area (Å²) < 4.78 is 6.07. The summed E-state index contributed by atoms with van der Waals surface area (Å²) >= 11 is 0. The molecule has 7 nitrogen and oxygen atoms in total. The summed E-state index contributed by atoms with van der Waals surface area (Å²) in [7, 11) is 0. The van der Waals surface area contributed by atoms with Crippen LogP contribution in [0.4, 0.5) is 0 Å². The van der Waals surface area contributed by atoms with Gasteiger partial charge in [-0.2, -0.15) is 0 Å². The molecule has 0 bridgehead atoms. The van der Waals surface area contributed by atoms with E-state index in [9.17, 15) is 9.59 Å². The number of aromatic nitrogens is 1. The van der Waals surface area contributed by atoms with Gasteiger partial charge in [0.05, 0.1) is 12.1 Å². The zero-order chi connectivity index (χ0) is 22.8. The minimum atomic E-state index is -0.140. The van der Waals surface area contributed by atoms with Crippen LogP contribution in [0.3, 0.4) is 0 Å². The molecule has 0 fully saturated rings. The number of ether oxygens (including phenoxy) is 1. The second kappa shape index (κ2) is 8.86. The third-order valence-electron chi connectivity index (χ3n) is 6.01. The van der Waals surface area contributed by atoms with Gasteiger partial charge in [-0.1, -0.05) is 30.4 Å². The van der Waals surface area contributed by atoms with Crippen molar-refractivity contribution in [2.75, 3.05) is 13.1 Å². The van der Waals surface area contributed by atoms with Crippen LogP contribution in [0.5, 0.6) is 11.6 Å². The Morgan fingerprint density at radius 3 is 2.67 bits per heavy atom. The van der Waals surface area contributed by atoms with Gasteiger partial charge in [0.2, 0.25) is 17.6 Å². The third kappa shape index (κ3) is 4.35. The molecule has 0 spiro atoms. The van der Waals surface area contributed by atoms with E-state index in [-0.39, 0.29) is 23.8 Å². The number of benzene rings is 1. The number of nitrogens with one attached hydrogen (secondary N) is 1. The SMILES string of the molecule is CC(=O)N1CC=C(c2cccnc2Oc2ccc(C(=O)C3=NC4C=CC=CC4N3)cc2)CC1. The fourth-order valence-electron chi connectivity index (χ4n) is 4.16. The van der Waals surface area contributed by atoms with Crippen LogP contribution in [0.2, 0.25) is 0 Å². The average molecular weight is 441 g/mol. The molecule has 1 aromatic heterocycles. The van der Waals surface area contributed by atoms with E-state index in [4.69, 9.17) is 4.74 Å². The Morgan fingerprint density at radius 2 is 1.94 bits per heavy atom. The first kappa shape index (κ1) is 20.9. The standard InChI is InChI=1S/C26H24N4O3/c1-17(31)30-15-12-18(13-16-30)21-5-4-14-27-26(21)33-20-10-8-19(9-11-20)24(32)25-28-22-6-2-3-7-23(22)29-25/h2-12,14,22-23H,13,15-16H2,1H3,(H,28,29). The van der Waals surface area contributed by atoms with E-state index in [2.05, 4.69) is 15.3 Å². The van der Waals surface area contributed by atoms with Crippen LogP contribution in [0.1, 0.15) is 29.3 Å². The molecule has 0 saturated heterocycles. The molecule has 33 heavy (non-hydrogen) atoms. The van der Waals surface area contributed by atoms with Gasteiger partial charge in [-0.15, -0.1) is 0 Å². The number of carbonyl (C=O) groups excluding carboxylic acids is 2. The van der Waals surface area contributed by atoms with Gasteiger partial charge in [-0.25, -0.2) is 4.98 Å². The first-order valence-electron chi connectivity index (χ1n) is 11.0. The van der Waals surface area contributed by atoms with Crippen LogP contribution in [0.15, 0.2) is 78.0 Å². The van der Waals surface area contributed by atoms with Crippen molar-refractivity contribution in [3.63, 3.8) is 0 Å². The Bertz CT molecular complexity index is 1210. The molecular formula is C26H24N4O3. The molecule has 5 rings (SSSR count). The summed E-state index contributed by atoms with van der Waals surface area (Å²) in [6, 6.07) is 10.9. The number of carbonyl (C=O) groups is 2. The topological polar surface area (TPSA) is 83.9 Å². The highest BCUT2D eigenvalue weighted by atomic mass is 16.5. The second-order valence-corrected chi connectivity index (χ2v) is 8.16. The van der Waals surface area contributed by atoms with E-state index in [0.29, 0.717) is 36.1 Å². The van der Waals surface area contributed by atoms with Crippen LogP contribution in [0, 0.1) is 0 Å². The maximum absolute atomic E-state index is 12.9. The Labute approximate surface area is 192 Å². The molecule has 0 saturated carbocycles. The summed E-state index contributed by atoms with van der Waals surface area (Å²) in [6.45, 7) is 2.85. The number of amides is 1. The van der Waals surface area contributed by atoms with E-state index in [1.54, 1.807) is 42.3 Å². The van der Waals surface area contributed by atoms with Crippen molar-refractivity contribution in [2.45, 2.75) is 25.4 Å². The molecule has 2 atom stereocenters. The molecule has 3 heterocycles. The fraction of sp³-hybridized carbons (Fsp3) is 0.231. The quantitative estimate of drug-likeness (QED) is 0.719. The number of rotatable bonds is 5. The Hall–Kier alpha value is -4.00. The average Bonchev–Trinajstić information content (AvgIpc) is 3.29. The number of hydrogen-bond donors (Lipinski definition) is 1. The fourth-order valence-corrected chi connectivity index (χ4v) is 4.16. The smallest absolute Gasteiger partial charge is 0.227 e. The second-order valence-electron chi connectivity index (χ2n) is 8.16. The zero-order valence-electron chi connectivity index (χ0n) is 18.3. The molecule has 3 aliphatic rings. The molecule has 7 heteroatoms. The van der Waals surface area contributed by atoms with Crippen LogP contribution in [-0.2, 0) is 4.79 Å². The highest BCUT2D eigenvalue weighted by molar-refractivity contribution is 6.45. The number of nitrogens with zero attached hydrogens (tertiary/aromatic N) is 3. The summed E-state index contributed by atoms with van der Waals surface area (Å²) in [4.78, 5) is 35.2.